The molecule has 0 radical (unpaired) electrons. The highest BCUT2D eigenvalue weighted by Gasteiger charge is 2.13. The summed E-state index contributed by atoms with van der Waals surface area (Å²) in [6, 6.07) is 2.71. The van der Waals surface area contributed by atoms with E-state index in [0.29, 0.717) is 0 Å². The van der Waals surface area contributed by atoms with Gasteiger partial charge < -0.3 is 5.32 Å². The molecule has 14 heavy (non-hydrogen) atoms. The molecular weight excluding hydrogens is 191 g/mol. The Morgan fingerprint density at radius 1 is 1.50 bits per heavy atom. The van der Waals surface area contributed by atoms with Gasteiger partial charge in [-0.05, 0) is 6.07 Å². The lowest BCUT2D eigenvalue weighted by atomic mass is 10.2. The molecular formula is C8H7FN2O3. The number of amides is 1. The zero-order chi connectivity index (χ0) is 10.7. The molecule has 0 aliphatic carbocycles. The molecule has 0 atom stereocenters. The number of nitrogens with zero attached hydrogens (tertiary/aromatic N) is 1. The van der Waals surface area contributed by atoms with Gasteiger partial charge in [-0.15, -0.1) is 0 Å². The van der Waals surface area contributed by atoms with Crippen LogP contribution in [0.4, 0.5) is 10.1 Å². The van der Waals surface area contributed by atoms with Gasteiger partial charge in [0.05, 0.1) is 11.0 Å². The summed E-state index contributed by atoms with van der Waals surface area (Å²) in [5, 5.41) is 12.6. The second-order valence-electron chi connectivity index (χ2n) is 2.53. The first-order valence-corrected chi connectivity index (χ1v) is 3.71. The Labute approximate surface area is 78.7 Å². The van der Waals surface area contributed by atoms with E-state index in [9.17, 15) is 19.3 Å². The molecule has 1 aromatic rings. The van der Waals surface area contributed by atoms with Crippen LogP contribution in [0.2, 0.25) is 0 Å². The third-order valence-corrected chi connectivity index (χ3v) is 1.58. The lowest BCUT2D eigenvalue weighted by molar-refractivity contribution is -0.385. The first-order valence-electron chi connectivity index (χ1n) is 3.71. The van der Waals surface area contributed by atoms with Gasteiger partial charge in [0, 0.05) is 18.7 Å². The van der Waals surface area contributed by atoms with E-state index < -0.39 is 22.3 Å². The molecule has 0 heterocycles. The highest BCUT2D eigenvalue weighted by molar-refractivity contribution is 5.94. The highest BCUT2D eigenvalue weighted by Crippen LogP contribution is 2.15. The van der Waals surface area contributed by atoms with Crippen molar-refractivity contribution in [3.63, 3.8) is 0 Å². The predicted molar refractivity (Wildman–Crippen MR) is 46.4 cm³/mol. The summed E-state index contributed by atoms with van der Waals surface area (Å²) in [6.07, 6.45) is 0. The van der Waals surface area contributed by atoms with Crippen molar-refractivity contribution in [3.05, 3.63) is 39.7 Å². The van der Waals surface area contributed by atoms with E-state index in [1.165, 1.54) is 7.05 Å². The van der Waals surface area contributed by atoms with Crippen LogP contribution in [-0.4, -0.2) is 17.9 Å². The number of nitro groups is 1. The van der Waals surface area contributed by atoms with Crippen LogP contribution in [-0.2, 0) is 0 Å². The molecule has 0 aromatic heterocycles. The number of hydrogen-bond donors (Lipinski definition) is 1. The molecule has 6 heteroatoms. The van der Waals surface area contributed by atoms with Gasteiger partial charge in [0.25, 0.3) is 11.6 Å². The van der Waals surface area contributed by atoms with E-state index in [1.807, 2.05) is 0 Å². The SMILES string of the molecule is CNC(=O)c1cc(F)cc([N+](=O)[O-])c1. The van der Waals surface area contributed by atoms with Crippen molar-refractivity contribution in [2.45, 2.75) is 0 Å². The van der Waals surface area contributed by atoms with E-state index in [2.05, 4.69) is 5.32 Å². The third-order valence-electron chi connectivity index (χ3n) is 1.58. The second-order valence-corrected chi connectivity index (χ2v) is 2.53. The summed E-state index contributed by atoms with van der Waals surface area (Å²) in [4.78, 5) is 20.6. The van der Waals surface area contributed by atoms with Crippen molar-refractivity contribution in [3.8, 4) is 0 Å². The number of carbonyl (C=O) groups excluding carboxylic acids is 1. The molecule has 1 amide bonds. The minimum atomic E-state index is -0.808. The fourth-order valence-corrected chi connectivity index (χ4v) is 0.955. The maximum absolute atomic E-state index is 12.8. The number of hydrogen-bond acceptors (Lipinski definition) is 3. The van der Waals surface area contributed by atoms with Gasteiger partial charge in [-0.1, -0.05) is 0 Å². The van der Waals surface area contributed by atoms with E-state index in [1.54, 1.807) is 0 Å². The molecule has 74 valence electrons. The molecule has 0 aliphatic rings. The van der Waals surface area contributed by atoms with Crippen molar-refractivity contribution in [1.82, 2.24) is 5.32 Å². The lowest BCUT2D eigenvalue weighted by Gasteiger charge is -1.99. The molecule has 0 spiro atoms. The number of carbonyl (C=O) groups is 1. The topological polar surface area (TPSA) is 72.2 Å². The first kappa shape index (κ1) is 10.1. The lowest BCUT2D eigenvalue weighted by Crippen LogP contribution is -2.18. The van der Waals surface area contributed by atoms with Crippen LogP contribution in [0.1, 0.15) is 10.4 Å². The average molecular weight is 198 g/mol. The molecule has 0 saturated carbocycles. The maximum atomic E-state index is 12.8. The van der Waals surface area contributed by atoms with Crippen LogP contribution < -0.4 is 5.32 Å². The van der Waals surface area contributed by atoms with Crippen LogP contribution in [0.25, 0.3) is 0 Å². The van der Waals surface area contributed by atoms with Gasteiger partial charge in [0.2, 0.25) is 0 Å². The number of halogens is 1. The Bertz CT molecular complexity index is 392. The van der Waals surface area contributed by atoms with E-state index in [-0.39, 0.29) is 5.56 Å². The number of nitro benzene ring substituents is 1. The molecule has 1 N–H and O–H groups in total. The van der Waals surface area contributed by atoms with Crippen LogP contribution in [0, 0.1) is 15.9 Å². The van der Waals surface area contributed by atoms with Crippen LogP contribution in [0.15, 0.2) is 18.2 Å². The molecule has 1 aromatic carbocycles. The van der Waals surface area contributed by atoms with Crippen molar-refractivity contribution in [2.24, 2.45) is 0 Å². The second kappa shape index (κ2) is 3.82. The molecule has 0 aliphatic heterocycles. The standard InChI is InChI=1S/C8H7FN2O3/c1-10-8(12)5-2-6(9)4-7(3-5)11(13)14/h2-4H,1H3,(H,10,12). The number of nitrogens with one attached hydrogen (secondary N) is 1. The maximum Gasteiger partial charge on any atom is 0.273 e. The predicted octanol–water partition coefficient (Wildman–Crippen LogP) is 1.09. The minimum Gasteiger partial charge on any atom is -0.355 e. The fourth-order valence-electron chi connectivity index (χ4n) is 0.955. The summed E-state index contributed by atoms with van der Waals surface area (Å²) >= 11 is 0. The summed E-state index contributed by atoms with van der Waals surface area (Å²) in [7, 11) is 1.36. The largest absolute Gasteiger partial charge is 0.355 e. The third kappa shape index (κ3) is 2.03. The average Bonchev–Trinajstić information content (AvgIpc) is 2.15. The molecule has 0 saturated heterocycles. The summed E-state index contributed by atoms with van der Waals surface area (Å²) in [5.41, 5.74) is -0.511. The Balaban J connectivity index is 3.20. The van der Waals surface area contributed by atoms with Gasteiger partial charge in [0.15, 0.2) is 0 Å². The normalized spacial score (nSPS) is 9.57. The number of non-ortho nitro benzene ring substituents is 1. The van der Waals surface area contributed by atoms with Crippen molar-refractivity contribution in [1.29, 1.82) is 0 Å². The monoisotopic (exact) mass is 198 g/mol. The van der Waals surface area contributed by atoms with E-state index >= 15 is 0 Å². The van der Waals surface area contributed by atoms with Crippen molar-refractivity contribution >= 4 is 11.6 Å². The molecule has 0 bridgehead atoms. The van der Waals surface area contributed by atoms with Gasteiger partial charge in [-0.3, -0.25) is 14.9 Å². The highest BCUT2D eigenvalue weighted by atomic mass is 19.1. The van der Waals surface area contributed by atoms with Crippen molar-refractivity contribution < 1.29 is 14.1 Å². The van der Waals surface area contributed by atoms with Crippen LogP contribution in [0.5, 0.6) is 0 Å². The molecule has 5 nitrogen and oxygen atoms in total. The van der Waals surface area contributed by atoms with Gasteiger partial charge in [-0.2, -0.15) is 0 Å². The zero-order valence-corrected chi connectivity index (χ0v) is 7.28. The summed E-state index contributed by atoms with van der Waals surface area (Å²) < 4.78 is 12.8. The fraction of sp³-hybridized carbons (Fsp3) is 0.125. The Morgan fingerprint density at radius 2 is 2.14 bits per heavy atom. The number of benzene rings is 1. The van der Waals surface area contributed by atoms with Gasteiger partial charge in [0.1, 0.15) is 5.82 Å². The van der Waals surface area contributed by atoms with E-state index in [0.717, 1.165) is 18.2 Å². The van der Waals surface area contributed by atoms with Gasteiger partial charge in [-0.25, -0.2) is 4.39 Å². The summed E-state index contributed by atoms with van der Waals surface area (Å²) in [5.74, 6) is -1.37. The minimum absolute atomic E-state index is 0.0702. The first-order chi connectivity index (χ1) is 6.54. The van der Waals surface area contributed by atoms with E-state index in [4.69, 9.17) is 0 Å². The molecule has 1 rings (SSSR count). The van der Waals surface area contributed by atoms with Crippen molar-refractivity contribution in [2.75, 3.05) is 7.05 Å². The summed E-state index contributed by atoms with van der Waals surface area (Å²) in [6.45, 7) is 0. The van der Waals surface area contributed by atoms with Gasteiger partial charge >= 0.3 is 0 Å². The van der Waals surface area contributed by atoms with Crippen LogP contribution >= 0.6 is 0 Å². The van der Waals surface area contributed by atoms with Crippen LogP contribution in [0.3, 0.4) is 0 Å². The zero-order valence-electron chi connectivity index (χ0n) is 7.28. The molecule has 0 unspecified atom stereocenters. The Morgan fingerprint density at radius 3 is 2.64 bits per heavy atom. The Hall–Kier alpha value is -1.98. The quantitative estimate of drug-likeness (QED) is 0.571. The molecule has 0 fully saturated rings. The smallest absolute Gasteiger partial charge is 0.273 e. The Kier molecular flexibility index (Phi) is 2.76. The number of rotatable bonds is 2.